The number of fused-ring (bicyclic) bond motifs is 4. The minimum atomic E-state index is -3.94. The minimum Gasteiger partial charge on any atom is -0.490 e. The molecular formula is C40H54ClN3O7S. The Labute approximate surface area is 314 Å². The normalized spacial score (nSPS) is 32.8. The molecule has 1 N–H and O–H groups in total. The summed E-state index contributed by atoms with van der Waals surface area (Å²) in [6, 6.07) is 11.8. The molecule has 2 fully saturated rings. The van der Waals surface area contributed by atoms with Gasteiger partial charge in [0.25, 0.3) is 5.91 Å². The summed E-state index contributed by atoms with van der Waals surface area (Å²) in [4.78, 5) is 18.4. The van der Waals surface area contributed by atoms with Crippen molar-refractivity contribution in [1.29, 1.82) is 0 Å². The van der Waals surface area contributed by atoms with Gasteiger partial charge in [0, 0.05) is 49.3 Å². The molecule has 2 aliphatic carbocycles. The van der Waals surface area contributed by atoms with Gasteiger partial charge in [0.2, 0.25) is 10.0 Å². The van der Waals surface area contributed by atoms with E-state index in [1.54, 1.807) is 20.1 Å². The number of nitrogens with one attached hydrogen (secondary N) is 1. The van der Waals surface area contributed by atoms with Gasteiger partial charge in [0.1, 0.15) is 5.75 Å². The van der Waals surface area contributed by atoms with Crippen LogP contribution in [0.1, 0.15) is 67.4 Å². The van der Waals surface area contributed by atoms with E-state index in [1.165, 1.54) is 11.1 Å². The van der Waals surface area contributed by atoms with Crippen molar-refractivity contribution in [3.05, 3.63) is 70.3 Å². The molecule has 0 unspecified atom stereocenters. The Balaban J connectivity index is 1.21. The summed E-state index contributed by atoms with van der Waals surface area (Å²) in [6.45, 7) is 9.79. The van der Waals surface area contributed by atoms with Crippen LogP contribution in [0, 0.1) is 17.8 Å². The van der Waals surface area contributed by atoms with Crippen molar-refractivity contribution in [2.75, 3.05) is 71.2 Å². The molecule has 7 atom stereocenters. The van der Waals surface area contributed by atoms with Crippen molar-refractivity contribution in [3.63, 3.8) is 0 Å². The van der Waals surface area contributed by atoms with Gasteiger partial charge in [0.15, 0.2) is 0 Å². The third-order valence-corrected chi connectivity index (χ3v) is 14.6. The molecule has 3 aliphatic heterocycles. The van der Waals surface area contributed by atoms with Crippen LogP contribution in [-0.2, 0) is 36.1 Å². The number of hydrogen-bond acceptors (Lipinski definition) is 9. The van der Waals surface area contributed by atoms with Gasteiger partial charge in [-0.15, -0.1) is 0 Å². The Kier molecular flexibility index (Phi) is 11.6. The van der Waals surface area contributed by atoms with Crippen LogP contribution in [0.3, 0.4) is 0 Å². The fourth-order valence-corrected chi connectivity index (χ4v) is 10.4. The lowest BCUT2D eigenvalue weighted by Crippen LogP contribution is -2.50. The number of morpholine rings is 1. The number of methoxy groups -OCH3 is 1. The van der Waals surface area contributed by atoms with E-state index in [-0.39, 0.29) is 23.5 Å². The predicted molar refractivity (Wildman–Crippen MR) is 203 cm³/mol. The van der Waals surface area contributed by atoms with Gasteiger partial charge >= 0.3 is 0 Å². The van der Waals surface area contributed by atoms with Crippen LogP contribution in [0.15, 0.2) is 48.6 Å². The summed E-state index contributed by atoms with van der Waals surface area (Å²) in [6.07, 6.45) is 9.83. The van der Waals surface area contributed by atoms with Gasteiger partial charge in [-0.25, -0.2) is 13.1 Å². The van der Waals surface area contributed by atoms with E-state index in [0.717, 1.165) is 69.0 Å². The van der Waals surface area contributed by atoms with Crippen molar-refractivity contribution >= 4 is 33.2 Å². The number of rotatable bonds is 6. The first-order valence-electron chi connectivity index (χ1n) is 19.0. The number of anilines is 1. The number of carbonyl (C=O) groups is 1. The average Bonchev–Trinajstić information content (AvgIpc) is 3.26. The van der Waals surface area contributed by atoms with Crippen molar-refractivity contribution in [2.24, 2.45) is 17.8 Å². The first kappa shape index (κ1) is 37.6. The number of ether oxygens (including phenoxy) is 4. The number of nitrogens with zero attached hydrogens (tertiary/aromatic N) is 2. The molecule has 284 valence electrons. The molecule has 1 saturated carbocycles. The highest BCUT2D eigenvalue weighted by Gasteiger charge is 2.45. The summed E-state index contributed by atoms with van der Waals surface area (Å²) < 4.78 is 54.0. The number of sulfonamides is 1. The number of allylic oxidation sites excluding steroid dienone is 1. The van der Waals surface area contributed by atoms with Crippen LogP contribution in [0.5, 0.6) is 5.75 Å². The van der Waals surface area contributed by atoms with Crippen LogP contribution in [0.25, 0.3) is 0 Å². The third kappa shape index (κ3) is 7.91. The molecule has 1 spiro atoms. The Hall–Kier alpha value is -2.67. The smallest absolute Gasteiger partial charge is 0.264 e. The second-order valence-electron chi connectivity index (χ2n) is 15.7. The van der Waals surface area contributed by atoms with E-state index in [0.29, 0.717) is 62.6 Å². The maximum Gasteiger partial charge on any atom is 0.264 e. The molecule has 1 amide bonds. The van der Waals surface area contributed by atoms with Gasteiger partial charge in [0.05, 0.1) is 56.1 Å². The average molecular weight is 756 g/mol. The number of hydrogen-bond donors (Lipinski definition) is 1. The lowest BCUT2D eigenvalue weighted by molar-refractivity contribution is -0.0607. The SMILES string of the molecule is COC[C@@H]1COCCN1CCO[C@H]1/C=C\C[C@H](C)[C@@H](C)S(=O)(=O)NC(=O)c2ccc3c(c2)N(C[C@@H]2CC[C@H]21)C[C@@]1(CCCc2cc(Cl)ccc21)CO3. The van der Waals surface area contributed by atoms with E-state index in [4.69, 9.17) is 30.5 Å². The molecule has 2 aromatic carbocycles. The molecule has 1 saturated heterocycles. The largest absolute Gasteiger partial charge is 0.490 e. The zero-order valence-electron chi connectivity index (χ0n) is 30.7. The fourth-order valence-electron chi connectivity index (χ4n) is 8.96. The molecule has 12 heteroatoms. The molecule has 52 heavy (non-hydrogen) atoms. The summed E-state index contributed by atoms with van der Waals surface area (Å²) in [7, 11) is -2.21. The van der Waals surface area contributed by atoms with E-state index in [9.17, 15) is 13.2 Å². The zero-order valence-corrected chi connectivity index (χ0v) is 32.3. The van der Waals surface area contributed by atoms with Crippen molar-refractivity contribution in [3.8, 4) is 5.75 Å². The van der Waals surface area contributed by atoms with Crippen LogP contribution in [0.4, 0.5) is 5.69 Å². The first-order chi connectivity index (χ1) is 25.1. The molecule has 2 bridgehead atoms. The number of carbonyl (C=O) groups excluding carboxylic acids is 1. The fraction of sp³-hybridized carbons (Fsp3) is 0.625. The molecule has 7 rings (SSSR count). The number of aryl methyl sites for hydroxylation is 1. The molecule has 0 aromatic heterocycles. The van der Waals surface area contributed by atoms with Gasteiger partial charge in [-0.3, -0.25) is 9.69 Å². The Morgan fingerprint density at radius 2 is 2.00 bits per heavy atom. The second kappa shape index (κ2) is 16.0. The van der Waals surface area contributed by atoms with Crippen molar-refractivity contribution < 1.29 is 32.2 Å². The lowest BCUT2D eigenvalue weighted by atomic mass is 9.68. The van der Waals surface area contributed by atoms with Crippen LogP contribution < -0.4 is 14.4 Å². The summed E-state index contributed by atoms with van der Waals surface area (Å²) in [5.41, 5.74) is 3.41. The standard InChI is InChI=1S/C40H54ClN3O7S/c1-27-6-4-8-37(50-19-17-43-16-18-49-24-33(43)23-48-3)34-12-9-31(34)22-44-25-40(15-5-7-29-20-32(41)11-13-35(29)40)26-51-38-14-10-30(21-36(38)44)39(45)42-52(46,47)28(27)2/h4,8,10-11,13-14,20-21,27-28,31,33-34,37H,5-7,9,12,15-19,22-26H2,1-3H3,(H,42,45)/b8-4-/t27-,28+,31-,33+,34+,37-,40-/m0/s1. The van der Waals surface area contributed by atoms with Crippen LogP contribution in [-0.4, -0.2) is 103 Å². The molecular weight excluding hydrogens is 702 g/mol. The summed E-state index contributed by atoms with van der Waals surface area (Å²) in [5.74, 6) is 0.533. The van der Waals surface area contributed by atoms with Gasteiger partial charge in [-0.05, 0) is 105 Å². The Morgan fingerprint density at radius 3 is 2.81 bits per heavy atom. The second-order valence-corrected chi connectivity index (χ2v) is 18.1. The Bertz CT molecular complexity index is 1740. The van der Waals surface area contributed by atoms with Crippen molar-refractivity contribution in [1.82, 2.24) is 9.62 Å². The third-order valence-electron chi connectivity index (χ3n) is 12.4. The molecule has 2 aromatic rings. The molecule has 0 radical (unpaired) electrons. The zero-order chi connectivity index (χ0) is 36.5. The molecule has 5 aliphatic rings. The summed E-state index contributed by atoms with van der Waals surface area (Å²) >= 11 is 6.48. The maximum absolute atomic E-state index is 13.6. The topological polar surface area (TPSA) is 107 Å². The van der Waals surface area contributed by atoms with Gasteiger partial charge in [-0.2, -0.15) is 0 Å². The number of benzene rings is 2. The minimum absolute atomic E-state index is 0.104. The maximum atomic E-state index is 13.6. The van der Waals surface area contributed by atoms with E-state index < -0.39 is 21.2 Å². The van der Waals surface area contributed by atoms with E-state index in [2.05, 4.69) is 38.8 Å². The highest BCUT2D eigenvalue weighted by Crippen LogP contribution is 2.47. The number of halogens is 1. The van der Waals surface area contributed by atoms with Gasteiger partial charge in [-0.1, -0.05) is 36.7 Å². The lowest BCUT2D eigenvalue weighted by Gasteiger charge is -2.46. The van der Waals surface area contributed by atoms with E-state index in [1.807, 2.05) is 25.1 Å². The monoisotopic (exact) mass is 755 g/mol. The quantitative estimate of drug-likeness (QED) is 0.377. The highest BCUT2D eigenvalue weighted by molar-refractivity contribution is 7.90. The molecule has 10 nitrogen and oxygen atoms in total. The predicted octanol–water partition coefficient (Wildman–Crippen LogP) is 5.62. The summed E-state index contributed by atoms with van der Waals surface area (Å²) in [5, 5.41) is -0.0311. The highest BCUT2D eigenvalue weighted by atomic mass is 35.5. The van der Waals surface area contributed by atoms with Crippen LogP contribution in [0.2, 0.25) is 5.02 Å². The van der Waals surface area contributed by atoms with Crippen molar-refractivity contribution in [2.45, 2.75) is 75.2 Å². The first-order valence-corrected chi connectivity index (χ1v) is 20.9. The van der Waals surface area contributed by atoms with Gasteiger partial charge < -0.3 is 23.8 Å². The van der Waals surface area contributed by atoms with E-state index >= 15 is 0 Å². The number of amides is 1. The molecule has 3 heterocycles. The Morgan fingerprint density at radius 1 is 1.13 bits per heavy atom. The van der Waals surface area contributed by atoms with Crippen LogP contribution >= 0.6 is 11.6 Å².